The van der Waals surface area contributed by atoms with Gasteiger partial charge in [0.25, 0.3) is 0 Å². The van der Waals surface area contributed by atoms with Gasteiger partial charge in [0, 0.05) is 31.0 Å². The van der Waals surface area contributed by atoms with Crippen LogP contribution in [0.25, 0.3) is 0 Å². The van der Waals surface area contributed by atoms with Crippen LogP contribution in [0.5, 0.6) is 0 Å². The van der Waals surface area contributed by atoms with Gasteiger partial charge in [-0.25, -0.2) is 0 Å². The first kappa shape index (κ1) is 18.1. The number of carbonyl (C=O) groups is 1. The van der Waals surface area contributed by atoms with Gasteiger partial charge >= 0.3 is 0 Å². The number of hydrogen-bond donors (Lipinski definition) is 1. The topological polar surface area (TPSA) is 54.5 Å². The zero-order chi connectivity index (χ0) is 18.7. The minimum atomic E-state index is -0.308. The molecule has 2 fully saturated rings. The van der Waals surface area contributed by atoms with Crippen LogP contribution < -0.4 is 5.32 Å². The van der Waals surface area contributed by atoms with Gasteiger partial charge in [-0.3, -0.25) is 14.7 Å². The molecule has 27 heavy (non-hydrogen) atoms. The Labute approximate surface area is 160 Å². The van der Waals surface area contributed by atoms with Crippen LogP contribution in [0.15, 0.2) is 48.8 Å². The second kappa shape index (κ2) is 7.79. The van der Waals surface area contributed by atoms with E-state index in [1.807, 2.05) is 12.1 Å². The molecule has 0 spiro atoms. The van der Waals surface area contributed by atoms with Crippen molar-refractivity contribution < 1.29 is 9.53 Å². The average Bonchev–Trinajstić information content (AvgIpc) is 3.42. The molecular formula is C22H27N3O2. The van der Waals surface area contributed by atoms with Gasteiger partial charge in [-0.15, -0.1) is 0 Å². The summed E-state index contributed by atoms with van der Waals surface area (Å²) >= 11 is 0. The van der Waals surface area contributed by atoms with Gasteiger partial charge in [-0.1, -0.05) is 35.9 Å². The first-order valence-corrected chi connectivity index (χ1v) is 9.75. The van der Waals surface area contributed by atoms with Crippen molar-refractivity contribution in [1.82, 2.24) is 15.2 Å². The standard InChI is InChI=1S/C22H27N3O2/c1-17-4-2-5-18(14-17)15-22(7-8-22)24-21(26)20(19-6-3-9-23-16-19)25-10-12-27-13-11-25/h2-6,9,14,16,20H,7-8,10-13,15H2,1H3,(H,24,26)/t20-/m0/s1. The molecule has 1 aromatic carbocycles. The van der Waals surface area contributed by atoms with E-state index in [4.69, 9.17) is 4.74 Å². The van der Waals surface area contributed by atoms with Crippen LogP contribution in [-0.4, -0.2) is 47.6 Å². The molecule has 1 aliphatic carbocycles. The number of carbonyl (C=O) groups excluding carboxylic acids is 1. The van der Waals surface area contributed by atoms with E-state index >= 15 is 0 Å². The minimum absolute atomic E-state index is 0.0788. The molecule has 0 unspecified atom stereocenters. The molecule has 0 radical (unpaired) electrons. The van der Waals surface area contributed by atoms with E-state index in [0.29, 0.717) is 13.2 Å². The fourth-order valence-electron chi connectivity index (χ4n) is 3.94. The zero-order valence-electron chi connectivity index (χ0n) is 15.9. The number of amides is 1. The van der Waals surface area contributed by atoms with E-state index in [2.05, 4.69) is 46.4 Å². The summed E-state index contributed by atoms with van der Waals surface area (Å²) in [6.45, 7) is 4.96. The van der Waals surface area contributed by atoms with E-state index in [1.54, 1.807) is 12.4 Å². The Morgan fingerprint density at radius 2 is 2.07 bits per heavy atom. The molecule has 1 N–H and O–H groups in total. The summed E-state index contributed by atoms with van der Waals surface area (Å²) in [6, 6.07) is 12.2. The lowest BCUT2D eigenvalue weighted by Crippen LogP contribution is -2.49. The third kappa shape index (κ3) is 4.37. The van der Waals surface area contributed by atoms with Crippen LogP contribution in [0.4, 0.5) is 0 Å². The lowest BCUT2D eigenvalue weighted by molar-refractivity contribution is -0.129. The van der Waals surface area contributed by atoms with E-state index < -0.39 is 0 Å². The number of hydrogen-bond acceptors (Lipinski definition) is 4. The number of benzene rings is 1. The molecule has 1 saturated carbocycles. The Morgan fingerprint density at radius 3 is 2.74 bits per heavy atom. The highest BCUT2D eigenvalue weighted by Gasteiger charge is 2.45. The number of nitrogens with one attached hydrogen (secondary N) is 1. The second-order valence-corrected chi connectivity index (χ2v) is 7.77. The first-order valence-electron chi connectivity index (χ1n) is 9.75. The monoisotopic (exact) mass is 365 g/mol. The molecule has 4 rings (SSSR count). The van der Waals surface area contributed by atoms with Gasteiger partial charge in [0.2, 0.25) is 5.91 Å². The third-order valence-electron chi connectivity index (χ3n) is 5.53. The number of ether oxygens (including phenoxy) is 1. The van der Waals surface area contributed by atoms with Crippen molar-refractivity contribution in [3.63, 3.8) is 0 Å². The second-order valence-electron chi connectivity index (χ2n) is 7.77. The number of morpholine rings is 1. The van der Waals surface area contributed by atoms with Gasteiger partial charge in [-0.2, -0.15) is 0 Å². The van der Waals surface area contributed by atoms with Crippen molar-refractivity contribution in [2.45, 2.75) is 37.8 Å². The molecule has 1 amide bonds. The number of pyridine rings is 1. The van der Waals surface area contributed by atoms with Gasteiger partial charge < -0.3 is 10.1 Å². The van der Waals surface area contributed by atoms with Crippen molar-refractivity contribution in [2.75, 3.05) is 26.3 Å². The van der Waals surface area contributed by atoms with Crippen LogP contribution >= 0.6 is 0 Å². The molecule has 2 aromatic rings. The molecule has 2 aliphatic rings. The fraction of sp³-hybridized carbons (Fsp3) is 0.455. The summed E-state index contributed by atoms with van der Waals surface area (Å²) < 4.78 is 5.48. The van der Waals surface area contributed by atoms with E-state index in [-0.39, 0.29) is 17.5 Å². The Hall–Kier alpha value is -2.24. The largest absolute Gasteiger partial charge is 0.379 e. The van der Waals surface area contributed by atoms with Crippen LogP contribution in [0.3, 0.4) is 0 Å². The molecule has 5 heteroatoms. The van der Waals surface area contributed by atoms with Crippen molar-refractivity contribution in [2.24, 2.45) is 0 Å². The molecule has 2 heterocycles. The number of rotatable bonds is 6. The highest BCUT2D eigenvalue weighted by atomic mass is 16.5. The lowest BCUT2D eigenvalue weighted by Gasteiger charge is -2.34. The molecule has 142 valence electrons. The van der Waals surface area contributed by atoms with E-state index in [0.717, 1.165) is 37.9 Å². The maximum Gasteiger partial charge on any atom is 0.242 e. The summed E-state index contributed by atoms with van der Waals surface area (Å²) in [6.07, 6.45) is 6.52. The van der Waals surface area contributed by atoms with Crippen LogP contribution in [-0.2, 0) is 16.0 Å². The molecular weight excluding hydrogens is 338 g/mol. The van der Waals surface area contributed by atoms with Gasteiger partial charge in [0.05, 0.1) is 13.2 Å². The highest BCUT2D eigenvalue weighted by Crippen LogP contribution is 2.39. The van der Waals surface area contributed by atoms with E-state index in [1.165, 1.54) is 11.1 Å². The Balaban J connectivity index is 1.51. The van der Waals surface area contributed by atoms with Gasteiger partial charge in [0.15, 0.2) is 0 Å². The van der Waals surface area contributed by atoms with Crippen molar-refractivity contribution in [3.05, 3.63) is 65.5 Å². The zero-order valence-corrected chi connectivity index (χ0v) is 15.9. The number of nitrogens with zero attached hydrogens (tertiary/aromatic N) is 2. The predicted octanol–water partition coefficient (Wildman–Crippen LogP) is 2.65. The van der Waals surface area contributed by atoms with Gasteiger partial charge in [-0.05, 0) is 43.4 Å². The summed E-state index contributed by atoms with van der Waals surface area (Å²) in [5.41, 5.74) is 3.40. The molecule has 1 atom stereocenters. The van der Waals surface area contributed by atoms with Crippen molar-refractivity contribution in [3.8, 4) is 0 Å². The number of aryl methyl sites for hydroxylation is 1. The third-order valence-corrected chi connectivity index (χ3v) is 5.53. The summed E-state index contributed by atoms with van der Waals surface area (Å²) in [7, 11) is 0. The molecule has 1 aliphatic heterocycles. The summed E-state index contributed by atoms with van der Waals surface area (Å²) in [5, 5.41) is 3.38. The minimum Gasteiger partial charge on any atom is -0.379 e. The van der Waals surface area contributed by atoms with Crippen molar-refractivity contribution in [1.29, 1.82) is 0 Å². The number of aromatic nitrogens is 1. The molecule has 1 saturated heterocycles. The smallest absolute Gasteiger partial charge is 0.242 e. The Morgan fingerprint density at radius 1 is 1.26 bits per heavy atom. The lowest BCUT2D eigenvalue weighted by atomic mass is 10.0. The molecule has 1 aromatic heterocycles. The Bertz CT molecular complexity index is 783. The first-order chi connectivity index (χ1) is 13.2. The normalized spacial score (nSPS) is 20.0. The quantitative estimate of drug-likeness (QED) is 0.855. The van der Waals surface area contributed by atoms with Crippen molar-refractivity contribution >= 4 is 5.91 Å². The molecule has 0 bridgehead atoms. The fourth-order valence-corrected chi connectivity index (χ4v) is 3.94. The van der Waals surface area contributed by atoms with Gasteiger partial charge in [0.1, 0.15) is 6.04 Å². The predicted molar refractivity (Wildman–Crippen MR) is 104 cm³/mol. The summed E-state index contributed by atoms with van der Waals surface area (Å²) in [5.74, 6) is 0.0788. The maximum absolute atomic E-state index is 13.3. The van der Waals surface area contributed by atoms with E-state index in [9.17, 15) is 4.79 Å². The van der Waals surface area contributed by atoms with Crippen LogP contribution in [0.1, 0.15) is 35.6 Å². The SMILES string of the molecule is Cc1cccc(CC2(NC(=O)[C@H](c3cccnc3)N3CCOCC3)CC2)c1. The average molecular weight is 365 g/mol. The Kier molecular flexibility index (Phi) is 5.23. The molecule has 5 nitrogen and oxygen atoms in total. The summed E-state index contributed by atoms with van der Waals surface area (Å²) in [4.78, 5) is 19.8. The maximum atomic E-state index is 13.3. The van der Waals surface area contributed by atoms with Crippen LogP contribution in [0, 0.1) is 6.92 Å². The highest BCUT2D eigenvalue weighted by molar-refractivity contribution is 5.84. The van der Waals surface area contributed by atoms with Crippen LogP contribution in [0.2, 0.25) is 0 Å².